The zero-order valence-corrected chi connectivity index (χ0v) is 19.8. The monoisotopic (exact) mass is 480 g/mol. The Morgan fingerprint density at radius 3 is 2.47 bits per heavy atom. The van der Waals surface area contributed by atoms with Crippen LogP contribution in [0.3, 0.4) is 0 Å². The number of rotatable bonds is 7. The third-order valence-corrected chi connectivity index (χ3v) is 6.07. The second kappa shape index (κ2) is 9.76. The molecular formula is C28H24N4O4. The maximum absolute atomic E-state index is 10.0. The Hall–Kier alpha value is -4.90. The Bertz CT molecular complexity index is 1450. The van der Waals surface area contributed by atoms with Gasteiger partial charge in [0.1, 0.15) is 24.0 Å². The summed E-state index contributed by atoms with van der Waals surface area (Å²) >= 11 is 0. The van der Waals surface area contributed by atoms with E-state index < -0.39 is 5.92 Å². The van der Waals surface area contributed by atoms with E-state index in [1.807, 2.05) is 66.7 Å². The van der Waals surface area contributed by atoms with E-state index >= 15 is 0 Å². The molecule has 0 spiro atoms. The van der Waals surface area contributed by atoms with E-state index in [1.54, 1.807) is 20.3 Å². The Labute approximate surface area is 208 Å². The molecule has 1 aliphatic rings. The molecule has 3 aromatic carbocycles. The number of allylic oxidation sites excluding steroid dienone is 1. The number of benzene rings is 3. The summed E-state index contributed by atoms with van der Waals surface area (Å²) in [5.41, 5.74) is 10.4. The molecule has 1 atom stereocenters. The van der Waals surface area contributed by atoms with Crippen LogP contribution in [0.1, 0.15) is 22.6 Å². The van der Waals surface area contributed by atoms with Gasteiger partial charge >= 0.3 is 0 Å². The average Bonchev–Trinajstić information content (AvgIpc) is 3.34. The summed E-state index contributed by atoms with van der Waals surface area (Å²) in [7, 11) is 3.13. The molecule has 8 heteroatoms. The minimum atomic E-state index is -0.577. The number of ether oxygens (including phenoxy) is 4. The van der Waals surface area contributed by atoms with Crippen molar-refractivity contribution in [3.63, 3.8) is 0 Å². The van der Waals surface area contributed by atoms with Gasteiger partial charge in [-0.1, -0.05) is 42.5 Å². The van der Waals surface area contributed by atoms with Gasteiger partial charge in [0.2, 0.25) is 11.8 Å². The van der Waals surface area contributed by atoms with Crippen molar-refractivity contribution in [3.05, 3.63) is 101 Å². The molecule has 0 unspecified atom stereocenters. The number of aromatic amines is 1. The van der Waals surface area contributed by atoms with Crippen LogP contribution in [0, 0.1) is 11.3 Å². The highest BCUT2D eigenvalue weighted by Crippen LogP contribution is 2.49. The van der Waals surface area contributed by atoms with Crippen molar-refractivity contribution in [1.82, 2.24) is 10.2 Å². The number of hydrogen-bond acceptors (Lipinski definition) is 7. The van der Waals surface area contributed by atoms with Gasteiger partial charge in [-0.25, -0.2) is 0 Å². The first-order chi connectivity index (χ1) is 17.6. The number of H-pyrrole nitrogens is 1. The maximum Gasteiger partial charge on any atom is 0.244 e. The van der Waals surface area contributed by atoms with Gasteiger partial charge in [-0.2, -0.15) is 5.26 Å². The first kappa shape index (κ1) is 22.9. The van der Waals surface area contributed by atoms with E-state index in [4.69, 9.17) is 24.7 Å². The SMILES string of the molecule is COc1cccc([C@H]2C(C#N)=C(N)Oc3n[nH]c(-c4ccc(OCc5ccccc5)cc4)c32)c1OC. The van der Waals surface area contributed by atoms with Gasteiger partial charge in [-0.15, -0.1) is 5.10 Å². The number of nitrogens with one attached hydrogen (secondary N) is 1. The van der Waals surface area contributed by atoms with Crippen molar-refractivity contribution in [2.45, 2.75) is 12.5 Å². The number of nitrogens with zero attached hydrogens (tertiary/aromatic N) is 2. The molecule has 2 heterocycles. The molecule has 1 aromatic heterocycles. The topological polar surface area (TPSA) is 115 Å². The minimum absolute atomic E-state index is 0.00239. The number of nitrogens with two attached hydrogens (primary N) is 1. The maximum atomic E-state index is 10.0. The summed E-state index contributed by atoms with van der Waals surface area (Å²) < 4.78 is 22.8. The molecule has 1 aliphatic heterocycles. The molecule has 3 N–H and O–H groups in total. The fourth-order valence-electron chi connectivity index (χ4n) is 4.37. The van der Waals surface area contributed by atoms with Crippen molar-refractivity contribution in [1.29, 1.82) is 5.26 Å². The summed E-state index contributed by atoms with van der Waals surface area (Å²) in [6.45, 7) is 0.473. The number of aromatic nitrogens is 2. The minimum Gasteiger partial charge on any atom is -0.493 e. The van der Waals surface area contributed by atoms with Crippen LogP contribution in [-0.2, 0) is 6.61 Å². The predicted octanol–water partition coefficient (Wildman–Crippen LogP) is 4.89. The van der Waals surface area contributed by atoms with Gasteiger partial charge in [0.25, 0.3) is 0 Å². The average molecular weight is 481 g/mol. The van der Waals surface area contributed by atoms with E-state index in [9.17, 15) is 5.26 Å². The first-order valence-electron chi connectivity index (χ1n) is 11.3. The molecule has 0 saturated carbocycles. The van der Waals surface area contributed by atoms with Crippen molar-refractivity contribution in [2.75, 3.05) is 14.2 Å². The number of fused-ring (bicyclic) bond motifs is 1. The van der Waals surface area contributed by atoms with Gasteiger partial charge in [0.05, 0.1) is 31.4 Å². The zero-order chi connectivity index (χ0) is 25.1. The first-order valence-corrected chi connectivity index (χ1v) is 11.3. The van der Waals surface area contributed by atoms with E-state index in [-0.39, 0.29) is 11.5 Å². The van der Waals surface area contributed by atoms with Crippen molar-refractivity contribution in [3.8, 4) is 40.5 Å². The lowest BCUT2D eigenvalue weighted by molar-refractivity contribution is 0.306. The largest absolute Gasteiger partial charge is 0.493 e. The van der Waals surface area contributed by atoms with Gasteiger partial charge < -0.3 is 24.7 Å². The third kappa shape index (κ3) is 4.07. The number of para-hydroxylation sites is 1. The highest BCUT2D eigenvalue weighted by molar-refractivity contribution is 5.72. The fourth-order valence-corrected chi connectivity index (χ4v) is 4.37. The fraction of sp³-hybridized carbons (Fsp3) is 0.143. The Morgan fingerprint density at radius 2 is 1.78 bits per heavy atom. The van der Waals surface area contributed by atoms with Crippen LogP contribution in [0.2, 0.25) is 0 Å². The summed E-state index contributed by atoms with van der Waals surface area (Å²) in [4.78, 5) is 0. The Kier molecular flexibility index (Phi) is 6.20. The van der Waals surface area contributed by atoms with Crippen LogP contribution in [-0.4, -0.2) is 24.4 Å². The van der Waals surface area contributed by atoms with Gasteiger partial charge in [0.15, 0.2) is 11.5 Å². The lowest BCUT2D eigenvalue weighted by Crippen LogP contribution is -2.21. The predicted molar refractivity (Wildman–Crippen MR) is 134 cm³/mol. The quantitative estimate of drug-likeness (QED) is 0.387. The zero-order valence-electron chi connectivity index (χ0n) is 19.8. The van der Waals surface area contributed by atoms with Crippen molar-refractivity contribution < 1.29 is 18.9 Å². The Morgan fingerprint density at radius 1 is 1.00 bits per heavy atom. The molecule has 180 valence electrons. The van der Waals surface area contributed by atoms with E-state index in [0.717, 1.165) is 16.9 Å². The summed E-state index contributed by atoms with van der Waals surface area (Å²) in [5.74, 6) is 1.52. The summed E-state index contributed by atoms with van der Waals surface area (Å²) in [6, 6.07) is 25.4. The van der Waals surface area contributed by atoms with Crippen LogP contribution in [0.25, 0.3) is 11.3 Å². The van der Waals surface area contributed by atoms with Crippen LogP contribution in [0.15, 0.2) is 84.3 Å². The molecule has 0 fully saturated rings. The second-order valence-corrected chi connectivity index (χ2v) is 8.12. The van der Waals surface area contributed by atoms with Crippen LogP contribution in [0.4, 0.5) is 0 Å². The van der Waals surface area contributed by atoms with Crippen molar-refractivity contribution >= 4 is 0 Å². The lowest BCUT2D eigenvalue weighted by atomic mass is 9.82. The molecule has 8 nitrogen and oxygen atoms in total. The van der Waals surface area contributed by atoms with Crippen molar-refractivity contribution in [2.24, 2.45) is 5.73 Å². The molecule has 5 rings (SSSR count). The molecule has 0 saturated heterocycles. The number of nitriles is 1. The van der Waals surface area contributed by atoms with Crippen LogP contribution in [0.5, 0.6) is 23.1 Å². The molecule has 36 heavy (non-hydrogen) atoms. The number of hydrogen-bond donors (Lipinski definition) is 2. The third-order valence-electron chi connectivity index (χ3n) is 6.07. The lowest BCUT2D eigenvalue weighted by Gasteiger charge is -2.26. The van der Waals surface area contributed by atoms with E-state index in [1.165, 1.54) is 0 Å². The van der Waals surface area contributed by atoms with E-state index in [0.29, 0.717) is 40.8 Å². The van der Waals surface area contributed by atoms with Gasteiger partial charge in [-0.05, 0) is 35.9 Å². The molecule has 0 radical (unpaired) electrons. The van der Waals surface area contributed by atoms with E-state index in [2.05, 4.69) is 16.3 Å². The Balaban J connectivity index is 1.54. The summed E-state index contributed by atoms with van der Waals surface area (Å²) in [6.07, 6.45) is 0. The number of methoxy groups -OCH3 is 2. The highest BCUT2D eigenvalue weighted by Gasteiger charge is 2.37. The van der Waals surface area contributed by atoms with Crippen LogP contribution >= 0.6 is 0 Å². The molecule has 0 aliphatic carbocycles. The van der Waals surface area contributed by atoms with Gasteiger partial charge in [-0.3, -0.25) is 5.10 Å². The standard InChI is InChI=1S/C28H24N4O4/c1-33-22-10-6-9-20(26(22)34-2)23-21(15-29)27(30)36-28-24(23)25(31-32-28)18-11-13-19(14-12-18)35-16-17-7-4-3-5-8-17/h3-14,23H,16,30H2,1-2H3,(H,31,32)/t23-/m0/s1. The van der Waals surface area contributed by atoms with Crippen LogP contribution < -0.4 is 24.7 Å². The highest BCUT2D eigenvalue weighted by atomic mass is 16.5. The normalized spacial score (nSPS) is 14.4. The second-order valence-electron chi connectivity index (χ2n) is 8.12. The molecule has 0 bridgehead atoms. The molecule has 0 amide bonds. The molecule has 4 aromatic rings. The molecular weight excluding hydrogens is 456 g/mol. The van der Waals surface area contributed by atoms with Gasteiger partial charge in [0, 0.05) is 11.1 Å². The summed E-state index contributed by atoms with van der Waals surface area (Å²) in [5, 5.41) is 17.4. The smallest absolute Gasteiger partial charge is 0.244 e.